The van der Waals surface area contributed by atoms with Crippen molar-refractivity contribution < 1.29 is 38.1 Å². The minimum absolute atomic E-state index is 0.0469. The third-order valence-electron chi connectivity index (χ3n) is 15.1. The Labute approximate surface area is 290 Å². The lowest BCUT2D eigenvalue weighted by molar-refractivity contribution is -0.163. The summed E-state index contributed by atoms with van der Waals surface area (Å²) in [6.07, 6.45) is 13.3. The van der Waals surface area contributed by atoms with Crippen molar-refractivity contribution in [1.82, 2.24) is 0 Å². The van der Waals surface area contributed by atoms with Gasteiger partial charge >= 0.3 is 23.9 Å². The first-order valence-corrected chi connectivity index (χ1v) is 19.2. The third-order valence-corrected chi connectivity index (χ3v) is 15.1. The van der Waals surface area contributed by atoms with E-state index in [1.807, 2.05) is 0 Å². The molecule has 0 amide bonds. The molecule has 0 aliphatic heterocycles. The summed E-state index contributed by atoms with van der Waals surface area (Å²) < 4.78 is 23.1. The Morgan fingerprint density at radius 3 is 1.80 bits per heavy atom. The minimum atomic E-state index is -0.454. The minimum Gasteiger partial charge on any atom is -0.465 e. The number of fused-ring (bicyclic) bond motifs is 12. The van der Waals surface area contributed by atoms with Gasteiger partial charge in [-0.2, -0.15) is 0 Å². The monoisotopic (exact) mass is 674 g/mol. The molecule has 8 heteroatoms. The second kappa shape index (κ2) is 13.0. The molecule has 0 N–H and O–H groups in total. The first-order valence-electron chi connectivity index (χ1n) is 19.2. The van der Waals surface area contributed by atoms with Crippen molar-refractivity contribution in [2.24, 2.45) is 94.7 Å². The number of esters is 4. The zero-order chi connectivity index (χ0) is 34.1. The van der Waals surface area contributed by atoms with Crippen LogP contribution in [0.15, 0.2) is 36.5 Å². The van der Waals surface area contributed by atoms with Crippen molar-refractivity contribution in [3.63, 3.8) is 0 Å². The summed E-state index contributed by atoms with van der Waals surface area (Å²) in [6, 6.07) is 0. The van der Waals surface area contributed by atoms with Crippen LogP contribution in [0.5, 0.6) is 0 Å². The van der Waals surface area contributed by atoms with Gasteiger partial charge in [0.1, 0.15) is 0 Å². The largest absolute Gasteiger partial charge is 0.465 e. The average molecular weight is 675 g/mol. The predicted molar refractivity (Wildman–Crippen MR) is 180 cm³/mol. The fourth-order valence-electron chi connectivity index (χ4n) is 13.3. The predicted octanol–water partition coefficient (Wildman–Crippen LogP) is 6.35. The van der Waals surface area contributed by atoms with Gasteiger partial charge in [0.15, 0.2) is 0 Å². The Balaban J connectivity index is 0.827. The van der Waals surface area contributed by atoms with E-state index in [9.17, 15) is 19.2 Å². The molecule has 7 fully saturated rings. The molecule has 8 rings (SSSR count). The van der Waals surface area contributed by atoms with Crippen LogP contribution in [0.3, 0.4) is 0 Å². The molecule has 14 unspecified atom stereocenters. The van der Waals surface area contributed by atoms with Gasteiger partial charge in [0.2, 0.25) is 0 Å². The van der Waals surface area contributed by atoms with E-state index in [0.29, 0.717) is 103 Å². The fraction of sp³-hybridized carbons (Fsp3) is 0.756. The molecule has 0 spiro atoms. The lowest BCUT2D eigenvalue weighted by atomic mass is 9.76. The second-order valence-corrected chi connectivity index (χ2v) is 17.6. The van der Waals surface area contributed by atoms with Crippen molar-refractivity contribution >= 4 is 23.9 Å². The van der Waals surface area contributed by atoms with Crippen LogP contribution in [0.4, 0.5) is 0 Å². The molecule has 8 aliphatic carbocycles. The van der Waals surface area contributed by atoms with Gasteiger partial charge in [-0.05, 0) is 154 Å². The molecule has 8 aliphatic rings. The number of ether oxygens (including phenoxy) is 4. The van der Waals surface area contributed by atoms with Crippen molar-refractivity contribution in [3.05, 3.63) is 36.5 Å². The number of hydrogen-bond donors (Lipinski definition) is 0. The summed E-state index contributed by atoms with van der Waals surface area (Å²) in [5.74, 6) is 4.82. The molecule has 0 aromatic heterocycles. The van der Waals surface area contributed by atoms with E-state index in [2.05, 4.69) is 26.2 Å². The number of carbonyl (C=O) groups is 4. The number of hydrogen-bond acceptors (Lipinski definition) is 8. The Bertz CT molecular complexity index is 1430. The zero-order valence-electron chi connectivity index (χ0n) is 29.3. The van der Waals surface area contributed by atoms with Crippen LogP contribution >= 0.6 is 0 Å². The van der Waals surface area contributed by atoms with E-state index < -0.39 is 11.8 Å². The van der Waals surface area contributed by atoms with Gasteiger partial charge in [0.05, 0.1) is 38.3 Å². The molecule has 0 aromatic carbocycles. The van der Waals surface area contributed by atoms with E-state index in [1.54, 1.807) is 6.92 Å². The van der Waals surface area contributed by atoms with Crippen LogP contribution in [0, 0.1) is 94.7 Å². The summed E-state index contributed by atoms with van der Waals surface area (Å²) in [6.45, 7) is 12.8. The second-order valence-electron chi connectivity index (χ2n) is 17.6. The number of rotatable bonds is 12. The van der Waals surface area contributed by atoms with Gasteiger partial charge in [-0.1, -0.05) is 24.8 Å². The summed E-state index contributed by atoms with van der Waals surface area (Å²) in [5, 5.41) is 0. The standard InChI is InChI=1S/C41H54O8/c1-5-36(42)46-16-22-7-30-25-12-28(33(14-25)34(30)9-22)19-49-40(44)37-26-6-21(4)29(15-26)38(37)41(45)47-17-23-8-31-24-11-27(18-48-39(43)20(2)3)32(13-24)35(31)10-23/h5-6,22-35,37-38H,1-2,7-19H2,3-4H3/t22?,23?,24?,25?,26?,27?,28?,29?,30-,31-,32?,33?,34?,35?,37?,38?/m1/s1. The Hall–Kier alpha value is -2.90. The summed E-state index contributed by atoms with van der Waals surface area (Å²) in [5.41, 5.74) is 1.65. The normalized spacial score (nSPS) is 44.7. The molecule has 8 nitrogen and oxygen atoms in total. The molecule has 266 valence electrons. The quantitative estimate of drug-likeness (QED) is 0.102. The number of allylic oxidation sites excluding steroid dienone is 2. The van der Waals surface area contributed by atoms with Gasteiger partial charge in [0, 0.05) is 11.6 Å². The van der Waals surface area contributed by atoms with Crippen molar-refractivity contribution in [3.8, 4) is 0 Å². The summed E-state index contributed by atoms with van der Waals surface area (Å²) in [4.78, 5) is 51.1. The lowest BCUT2D eigenvalue weighted by Crippen LogP contribution is -2.38. The van der Waals surface area contributed by atoms with Gasteiger partial charge in [0.25, 0.3) is 0 Å². The Morgan fingerprint density at radius 2 is 1.20 bits per heavy atom. The first kappa shape index (κ1) is 33.3. The maximum atomic E-state index is 13.8. The van der Waals surface area contributed by atoms with Crippen LogP contribution in [0.1, 0.15) is 71.6 Å². The van der Waals surface area contributed by atoms with Gasteiger partial charge in [-0.25, -0.2) is 9.59 Å². The van der Waals surface area contributed by atoms with E-state index in [0.717, 1.165) is 44.9 Å². The first-order chi connectivity index (χ1) is 23.6. The Morgan fingerprint density at radius 1 is 0.673 bits per heavy atom. The molecular formula is C41H54O8. The van der Waals surface area contributed by atoms with Crippen molar-refractivity contribution in [2.45, 2.75) is 71.6 Å². The SMILES string of the molecule is C=CC(=O)OCC1CC2C3CC(CC3COC(=O)C3C4C=C(C)C(C4)C3C(=O)OCC3CC4C5CC(CC5COC(=O)C(=C)C)[C@H]4C3)[C@H]2C1. The highest BCUT2D eigenvalue weighted by Crippen LogP contribution is 2.63. The molecule has 7 saturated carbocycles. The third kappa shape index (κ3) is 5.91. The van der Waals surface area contributed by atoms with Crippen LogP contribution < -0.4 is 0 Å². The highest BCUT2D eigenvalue weighted by atomic mass is 16.5. The molecule has 0 saturated heterocycles. The topological polar surface area (TPSA) is 105 Å². The lowest BCUT2D eigenvalue weighted by Gasteiger charge is -2.32. The molecule has 0 heterocycles. The van der Waals surface area contributed by atoms with Gasteiger partial charge in [-0.3, -0.25) is 9.59 Å². The van der Waals surface area contributed by atoms with E-state index in [4.69, 9.17) is 18.9 Å². The molecule has 0 radical (unpaired) electrons. The molecular weight excluding hydrogens is 620 g/mol. The molecule has 6 bridgehead atoms. The summed E-state index contributed by atoms with van der Waals surface area (Å²) >= 11 is 0. The van der Waals surface area contributed by atoms with Gasteiger partial charge in [-0.15, -0.1) is 0 Å². The summed E-state index contributed by atoms with van der Waals surface area (Å²) in [7, 11) is 0. The highest BCUT2D eigenvalue weighted by molar-refractivity contribution is 5.87. The van der Waals surface area contributed by atoms with Crippen molar-refractivity contribution in [1.29, 1.82) is 0 Å². The molecule has 49 heavy (non-hydrogen) atoms. The van der Waals surface area contributed by atoms with E-state index in [1.165, 1.54) is 24.5 Å². The smallest absolute Gasteiger partial charge is 0.333 e. The Kier molecular flexibility index (Phi) is 8.83. The zero-order valence-corrected chi connectivity index (χ0v) is 29.3. The van der Waals surface area contributed by atoms with E-state index in [-0.39, 0.29) is 35.7 Å². The fourth-order valence-corrected chi connectivity index (χ4v) is 13.3. The highest BCUT2D eigenvalue weighted by Gasteiger charge is 2.59. The van der Waals surface area contributed by atoms with Crippen molar-refractivity contribution in [2.75, 3.05) is 26.4 Å². The van der Waals surface area contributed by atoms with Crippen LogP contribution in [-0.4, -0.2) is 50.3 Å². The van der Waals surface area contributed by atoms with Crippen LogP contribution in [0.25, 0.3) is 0 Å². The van der Waals surface area contributed by atoms with Crippen LogP contribution in [0.2, 0.25) is 0 Å². The average Bonchev–Trinajstić information content (AvgIpc) is 3.93. The maximum Gasteiger partial charge on any atom is 0.333 e. The number of carbonyl (C=O) groups excluding carboxylic acids is 4. The van der Waals surface area contributed by atoms with Crippen LogP contribution in [-0.2, 0) is 38.1 Å². The maximum absolute atomic E-state index is 13.8. The molecule has 16 atom stereocenters. The molecule has 0 aromatic rings. The van der Waals surface area contributed by atoms with E-state index >= 15 is 0 Å². The van der Waals surface area contributed by atoms with Gasteiger partial charge < -0.3 is 18.9 Å².